The molecular weight excluding hydrogens is 293 g/mol. The van der Waals surface area contributed by atoms with Crippen molar-refractivity contribution in [2.45, 2.75) is 17.7 Å². The van der Waals surface area contributed by atoms with E-state index in [4.69, 9.17) is 5.26 Å². The largest absolute Gasteiger partial charge is 0.313 e. The lowest BCUT2D eigenvalue weighted by atomic mass is 10.1. The van der Waals surface area contributed by atoms with Gasteiger partial charge in [-0.15, -0.1) is 0 Å². The highest BCUT2D eigenvalue weighted by Crippen LogP contribution is 2.15. The molecule has 0 bridgehead atoms. The minimum absolute atomic E-state index is 0.0975. The van der Waals surface area contributed by atoms with Crippen molar-refractivity contribution in [3.8, 4) is 6.07 Å². The molecule has 0 saturated heterocycles. The van der Waals surface area contributed by atoms with Crippen molar-refractivity contribution < 1.29 is 12.8 Å². The van der Waals surface area contributed by atoms with Crippen LogP contribution in [0.2, 0.25) is 0 Å². The average molecular weight is 309 g/mol. The van der Waals surface area contributed by atoms with Crippen LogP contribution in [0.3, 0.4) is 0 Å². The lowest BCUT2D eigenvalue weighted by Crippen LogP contribution is -2.27. The fourth-order valence-electron chi connectivity index (χ4n) is 2.08. The molecule has 0 atom stereocenters. The van der Waals surface area contributed by atoms with Gasteiger partial charge in [0.1, 0.15) is 11.9 Å². The molecule has 0 aliphatic carbocycles. The van der Waals surface area contributed by atoms with E-state index in [-0.39, 0.29) is 17.0 Å². The predicted molar refractivity (Wildman–Crippen MR) is 76.5 cm³/mol. The Morgan fingerprint density at radius 3 is 2.90 bits per heavy atom. The zero-order valence-electron chi connectivity index (χ0n) is 11.4. The lowest BCUT2D eigenvalue weighted by molar-refractivity contribution is 0.578. The first-order valence-electron chi connectivity index (χ1n) is 6.61. The van der Waals surface area contributed by atoms with E-state index in [0.717, 1.165) is 37.7 Å². The van der Waals surface area contributed by atoms with Crippen LogP contribution < -0.4 is 10.0 Å². The van der Waals surface area contributed by atoms with Gasteiger partial charge >= 0.3 is 0 Å². The lowest BCUT2D eigenvalue weighted by Gasteiger charge is -2.14. The molecule has 1 heterocycles. The third-order valence-electron chi connectivity index (χ3n) is 3.26. The molecule has 2 rings (SSSR count). The van der Waals surface area contributed by atoms with Gasteiger partial charge in [-0.05, 0) is 37.6 Å². The Bertz CT molecular complexity index is 693. The van der Waals surface area contributed by atoms with E-state index in [1.807, 2.05) is 0 Å². The number of hydrogen-bond donors (Lipinski definition) is 2. The van der Waals surface area contributed by atoms with E-state index in [2.05, 4.69) is 16.1 Å². The number of hydrogen-bond acceptors (Lipinski definition) is 4. The van der Waals surface area contributed by atoms with Crippen molar-refractivity contribution in [2.24, 2.45) is 0 Å². The molecule has 0 fully saturated rings. The number of halogens is 1. The Balaban J connectivity index is 2.01. The van der Waals surface area contributed by atoms with Crippen LogP contribution in [-0.4, -0.2) is 28.1 Å². The Kier molecular flexibility index (Phi) is 5.07. The molecule has 1 aromatic rings. The van der Waals surface area contributed by atoms with Crippen molar-refractivity contribution in [2.75, 3.05) is 19.6 Å². The van der Waals surface area contributed by atoms with Crippen LogP contribution in [0.4, 0.5) is 4.39 Å². The summed E-state index contributed by atoms with van der Waals surface area (Å²) < 4.78 is 39.8. The van der Waals surface area contributed by atoms with Crippen LogP contribution in [0.25, 0.3) is 0 Å². The highest BCUT2D eigenvalue weighted by Gasteiger charge is 2.16. The monoisotopic (exact) mass is 309 g/mol. The highest BCUT2D eigenvalue weighted by atomic mass is 32.2. The van der Waals surface area contributed by atoms with Crippen LogP contribution in [-0.2, 0) is 10.0 Å². The molecule has 0 aromatic heterocycles. The van der Waals surface area contributed by atoms with Crippen molar-refractivity contribution in [3.63, 3.8) is 0 Å². The summed E-state index contributed by atoms with van der Waals surface area (Å²) in [5.74, 6) is -0.726. The summed E-state index contributed by atoms with van der Waals surface area (Å²) in [5.41, 5.74) is 0.937. The molecule has 0 amide bonds. The fourth-order valence-corrected chi connectivity index (χ4v) is 3.14. The number of nitrogens with zero attached hydrogens (tertiary/aromatic N) is 1. The summed E-state index contributed by atoms with van der Waals surface area (Å²) in [7, 11) is -3.72. The molecule has 0 unspecified atom stereocenters. The molecule has 2 N–H and O–H groups in total. The minimum Gasteiger partial charge on any atom is -0.313 e. The van der Waals surface area contributed by atoms with Crippen molar-refractivity contribution in [3.05, 3.63) is 41.2 Å². The standard InChI is InChI=1S/C14H16FN3O2S/c15-14-2-1-13(9-12(14)10-16)21(19,20)18-8-5-11-3-6-17-7-4-11/h1-3,9,17-18H,4-8H2. The first-order valence-corrected chi connectivity index (χ1v) is 8.09. The van der Waals surface area contributed by atoms with Crippen molar-refractivity contribution >= 4 is 10.0 Å². The second-order valence-corrected chi connectivity index (χ2v) is 6.48. The molecule has 0 saturated carbocycles. The van der Waals surface area contributed by atoms with E-state index in [1.165, 1.54) is 5.57 Å². The first kappa shape index (κ1) is 15.6. The number of nitrogens with one attached hydrogen (secondary N) is 2. The Labute approximate surface area is 123 Å². The summed E-state index contributed by atoms with van der Waals surface area (Å²) in [6.07, 6.45) is 3.62. The van der Waals surface area contributed by atoms with E-state index in [9.17, 15) is 12.8 Å². The van der Waals surface area contributed by atoms with Gasteiger partial charge in [-0.25, -0.2) is 17.5 Å². The van der Waals surface area contributed by atoms with Gasteiger partial charge < -0.3 is 5.32 Å². The number of benzene rings is 1. The summed E-state index contributed by atoms with van der Waals surface area (Å²) in [6, 6.07) is 4.82. The summed E-state index contributed by atoms with van der Waals surface area (Å²) in [6.45, 7) is 2.00. The SMILES string of the molecule is N#Cc1cc(S(=O)(=O)NCCC2=CCNCC2)ccc1F. The zero-order chi connectivity index (χ0) is 15.3. The van der Waals surface area contributed by atoms with Gasteiger partial charge in [0.15, 0.2) is 0 Å². The van der Waals surface area contributed by atoms with Crippen LogP contribution >= 0.6 is 0 Å². The molecule has 1 aromatic carbocycles. The van der Waals surface area contributed by atoms with Crippen LogP contribution in [0.15, 0.2) is 34.7 Å². The Hall–Kier alpha value is -1.75. The second kappa shape index (κ2) is 6.80. The third kappa shape index (κ3) is 4.11. The third-order valence-corrected chi connectivity index (χ3v) is 4.72. The maximum absolute atomic E-state index is 13.2. The normalized spacial score (nSPS) is 15.3. The summed E-state index contributed by atoms with van der Waals surface area (Å²) in [4.78, 5) is -0.0975. The molecule has 21 heavy (non-hydrogen) atoms. The smallest absolute Gasteiger partial charge is 0.240 e. The average Bonchev–Trinajstić information content (AvgIpc) is 2.48. The van der Waals surface area contributed by atoms with Crippen molar-refractivity contribution in [1.82, 2.24) is 10.0 Å². The second-order valence-electron chi connectivity index (χ2n) is 4.72. The quantitative estimate of drug-likeness (QED) is 0.803. The van der Waals surface area contributed by atoms with Crippen molar-refractivity contribution in [1.29, 1.82) is 5.26 Å². The molecule has 112 valence electrons. The zero-order valence-corrected chi connectivity index (χ0v) is 12.2. The molecule has 7 heteroatoms. The van der Waals surface area contributed by atoms with E-state index < -0.39 is 15.8 Å². The van der Waals surface area contributed by atoms with Gasteiger partial charge in [0, 0.05) is 13.1 Å². The number of nitriles is 1. The first-order chi connectivity index (χ1) is 10.0. The van der Waals surface area contributed by atoms with E-state index >= 15 is 0 Å². The summed E-state index contributed by atoms with van der Waals surface area (Å²) in [5, 5.41) is 11.9. The Morgan fingerprint density at radius 1 is 1.43 bits per heavy atom. The maximum Gasteiger partial charge on any atom is 0.240 e. The van der Waals surface area contributed by atoms with Gasteiger partial charge in [0.25, 0.3) is 0 Å². The van der Waals surface area contributed by atoms with Crippen LogP contribution in [0, 0.1) is 17.1 Å². The highest BCUT2D eigenvalue weighted by molar-refractivity contribution is 7.89. The Morgan fingerprint density at radius 2 is 2.24 bits per heavy atom. The van der Waals surface area contributed by atoms with Crippen LogP contribution in [0.1, 0.15) is 18.4 Å². The molecule has 1 aliphatic heterocycles. The summed E-state index contributed by atoms with van der Waals surface area (Å²) >= 11 is 0. The predicted octanol–water partition coefficient (Wildman–Crippen LogP) is 1.29. The number of sulfonamides is 1. The molecule has 1 aliphatic rings. The molecule has 0 radical (unpaired) electrons. The van der Waals surface area contributed by atoms with Crippen LogP contribution in [0.5, 0.6) is 0 Å². The topological polar surface area (TPSA) is 82.0 Å². The fraction of sp³-hybridized carbons (Fsp3) is 0.357. The molecule has 5 nitrogen and oxygen atoms in total. The van der Waals surface area contributed by atoms with Gasteiger partial charge in [-0.1, -0.05) is 11.6 Å². The number of rotatable bonds is 5. The van der Waals surface area contributed by atoms with Gasteiger partial charge in [-0.3, -0.25) is 0 Å². The maximum atomic E-state index is 13.2. The van der Waals surface area contributed by atoms with Gasteiger partial charge in [-0.2, -0.15) is 5.26 Å². The van der Waals surface area contributed by atoms with E-state index in [0.29, 0.717) is 6.42 Å². The molecular formula is C14H16FN3O2S. The van der Waals surface area contributed by atoms with Gasteiger partial charge in [0.2, 0.25) is 10.0 Å². The van der Waals surface area contributed by atoms with E-state index in [1.54, 1.807) is 6.07 Å². The molecule has 0 spiro atoms. The minimum atomic E-state index is -3.72. The van der Waals surface area contributed by atoms with Gasteiger partial charge in [0.05, 0.1) is 10.5 Å².